The highest BCUT2D eigenvalue weighted by atomic mass is 32.1. The van der Waals surface area contributed by atoms with Gasteiger partial charge in [-0.15, -0.1) is 11.3 Å². The molecule has 8 aromatic rings. The predicted octanol–water partition coefficient (Wildman–Crippen LogP) is 10.4. The number of furan rings is 1. The number of fused-ring (bicyclic) bond motifs is 7. The van der Waals surface area contributed by atoms with E-state index in [1.165, 1.54) is 69.4 Å². The fourth-order valence-corrected chi connectivity index (χ4v) is 6.99. The van der Waals surface area contributed by atoms with Crippen molar-refractivity contribution in [2.24, 2.45) is 0 Å². The summed E-state index contributed by atoms with van der Waals surface area (Å²) >= 11 is 1.85. The molecule has 0 bridgehead atoms. The molecule has 0 atom stereocenters. The standard InChI is InChI=1S/C34H20OS/c1-2-8-21(9-3-1)32-23-10-4-6-12-25(23)33(26-13-7-5-11-24(26)32)22-14-17-31-29(20-22)27-15-16-30-28(18-19-35-30)34(27)36-31/h1-20H. The summed E-state index contributed by atoms with van der Waals surface area (Å²) in [5.74, 6) is 0. The maximum Gasteiger partial charge on any atom is 0.135 e. The van der Waals surface area contributed by atoms with Gasteiger partial charge in [0, 0.05) is 25.6 Å². The molecule has 2 heterocycles. The summed E-state index contributed by atoms with van der Waals surface area (Å²) in [5, 5.41) is 8.92. The van der Waals surface area contributed by atoms with Crippen LogP contribution in [0.5, 0.6) is 0 Å². The zero-order valence-corrected chi connectivity index (χ0v) is 20.2. The van der Waals surface area contributed by atoms with E-state index in [4.69, 9.17) is 4.42 Å². The summed E-state index contributed by atoms with van der Waals surface area (Å²) in [6.45, 7) is 0. The van der Waals surface area contributed by atoms with Gasteiger partial charge >= 0.3 is 0 Å². The van der Waals surface area contributed by atoms with Gasteiger partial charge in [-0.1, -0.05) is 84.9 Å². The number of rotatable bonds is 2. The van der Waals surface area contributed by atoms with Crippen LogP contribution in [-0.2, 0) is 0 Å². The molecule has 0 N–H and O–H groups in total. The lowest BCUT2D eigenvalue weighted by atomic mass is 9.86. The second-order valence-electron chi connectivity index (χ2n) is 9.29. The Balaban J connectivity index is 1.49. The number of benzene rings is 6. The predicted molar refractivity (Wildman–Crippen MR) is 155 cm³/mol. The summed E-state index contributed by atoms with van der Waals surface area (Å²) in [4.78, 5) is 0. The first kappa shape index (κ1) is 19.9. The third-order valence-electron chi connectivity index (χ3n) is 7.35. The molecule has 6 aromatic carbocycles. The molecule has 0 saturated carbocycles. The maximum atomic E-state index is 5.67. The molecule has 0 radical (unpaired) electrons. The van der Waals surface area contributed by atoms with Gasteiger partial charge in [0.1, 0.15) is 5.58 Å². The van der Waals surface area contributed by atoms with E-state index in [-0.39, 0.29) is 0 Å². The number of hydrogen-bond donors (Lipinski definition) is 0. The second-order valence-corrected chi connectivity index (χ2v) is 10.3. The molecule has 0 saturated heterocycles. The van der Waals surface area contributed by atoms with E-state index in [0.29, 0.717) is 0 Å². The Morgan fingerprint density at radius 2 is 1.08 bits per heavy atom. The van der Waals surface area contributed by atoms with Gasteiger partial charge in [0.15, 0.2) is 0 Å². The molecule has 0 unspecified atom stereocenters. The number of thiophene rings is 1. The van der Waals surface area contributed by atoms with Crippen molar-refractivity contribution in [1.82, 2.24) is 0 Å². The van der Waals surface area contributed by atoms with Crippen LogP contribution in [0.2, 0.25) is 0 Å². The highest BCUT2D eigenvalue weighted by Gasteiger charge is 2.17. The average Bonchev–Trinajstić information content (AvgIpc) is 3.56. The molecule has 1 nitrogen and oxygen atoms in total. The smallest absolute Gasteiger partial charge is 0.135 e. The van der Waals surface area contributed by atoms with Crippen molar-refractivity contribution < 1.29 is 4.42 Å². The molecule has 0 spiro atoms. The molecule has 8 rings (SSSR count). The molecule has 0 amide bonds. The quantitative estimate of drug-likeness (QED) is 0.226. The van der Waals surface area contributed by atoms with Gasteiger partial charge in [0.25, 0.3) is 0 Å². The normalized spacial score (nSPS) is 11.9. The molecule has 0 aliphatic rings. The molecule has 0 aliphatic heterocycles. The van der Waals surface area contributed by atoms with Crippen molar-refractivity contribution >= 4 is 64.0 Å². The van der Waals surface area contributed by atoms with Gasteiger partial charge in [-0.3, -0.25) is 0 Å². The minimum atomic E-state index is 0.947. The second kappa shape index (κ2) is 7.55. The third-order valence-corrected chi connectivity index (χ3v) is 8.57. The molecular weight excluding hydrogens is 456 g/mol. The van der Waals surface area contributed by atoms with E-state index < -0.39 is 0 Å². The van der Waals surface area contributed by atoms with E-state index in [9.17, 15) is 0 Å². The lowest BCUT2D eigenvalue weighted by molar-refractivity contribution is 0.616. The van der Waals surface area contributed by atoms with E-state index in [1.807, 2.05) is 11.3 Å². The van der Waals surface area contributed by atoms with Crippen LogP contribution in [0, 0.1) is 0 Å². The minimum Gasteiger partial charge on any atom is -0.464 e. The topological polar surface area (TPSA) is 13.1 Å². The highest BCUT2D eigenvalue weighted by molar-refractivity contribution is 7.26. The third kappa shape index (κ3) is 2.76. The van der Waals surface area contributed by atoms with Crippen molar-refractivity contribution in [2.45, 2.75) is 0 Å². The van der Waals surface area contributed by atoms with Crippen LogP contribution in [-0.4, -0.2) is 0 Å². The first-order chi connectivity index (χ1) is 17.9. The average molecular weight is 477 g/mol. The maximum absolute atomic E-state index is 5.67. The van der Waals surface area contributed by atoms with Crippen LogP contribution in [0.15, 0.2) is 126 Å². The molecule has 0 fully saturated rings. The van der Waals surface area contributed by atoms with Crippen molar-refractivity contribution in [1.29, 1.82) is 0 Å². The van der Waals surface area contributed by atoms with Gasteiger partial charge in [0.2, 0.25) is 0 Å². The summed E-state index contributed by atoms with van der Waals surface area (Å²) in [6.07, 6.45) is 1.78. The molecule has 168 valence electrons. The summed E-state index contributed by atoms with van der Waals surface area (Å²) in [7, 11) is 0. The highest BCUT2D eigenvalue weighted by Crippen LogP contribution is 2.45. The van der Waals surface area contributed by atoms with Crippen molar-refractivity contribution in [3.05, 3.63) is 122 Å². The Labute approximate surface area is 211 Å². The molecular formula is C34H20OS. The Morgan fingerprint density at radius 3 is 1.78 bits per heavy atom. The monoisotopic (exact) mass is 476 g/mol. The zero-order chi connectivity index (χ0) is 23.6. The van der Waals surface area contributed by atoms with Crippen LogP contribution in [0.3, 0.4) is 0 Å². The van der Waals surface area contributed by atoms with E-state index >= 15 is 0 Å². The lowest BCUT2D eigenvalue weighted by Gasteiger charge is -2.17. The van der Waals surface area contributed by atoms with E-state index in [0.717, 1.165) is 5.58 Å². The summed E-state index contributed by atoms with van der Waals surface area (Å²) in [5.41, 5.74) is 6.05. The SMILES string of the molecule is c1ccc(-c2c3ccccc3c(-c3ccc4sc5c6ccoc6ccc5c4c3)c3ccccc23)cc1. The number of hydrogen-bond acceptors (Lipinski definition) is 2. The van der Waals surface area contributed by atoms with E-state index in [1.54, 1.807) is 6.26 Å². The Morgan fingerprint density at radius 1 is 0.444 bits per heavy atom. The first-order valence-corrected chi connectivity index (χ1v) is 13.0. The molecule has 0 aliphatic carbocycles. The van der Waals surface area contributed by atoms with Crippen LogP contribution in [0.4, 0.5) is 0 Å². The van der Waals surface area contributed by atoms with Crippen molar-refractivity contribution in [3.8, 4) is 22.3 Å². The fraction of sp³-hybridized carbons (Fsp3) is 0. The Kier molecular flexibility index (Phi) is 4.16. The summed E-state index contributed by atoms with van der Waals surface area (Å²) < 4.78 is 8.26. The largest absolute Gasteiger partial charge is 0.464 e. The molecule has 2 aromatic heterocycles. The first-order valence-electron chi connectivity index (χ1n) is 12.2. The van der Waals surface area contributed by atoms with Gasteiger partial charge in [-0.25, -0.2) is 0 Å². The van der Waals surface area contributed by atoms with Gasteiger partial charge in [0.05, 0.1) is 6.26 Å². The summed E-state index contributed by atoms with van der Waals surface area (Å²) in [6, 6.07) is 41.8. The van der Waals surface area contributed by atoms with Crippen molar-refractivity contribution in [3.63, 3.8) is 0 Å². The Hall–Kier alpha value is -4.40. The van der Waals surface area contributed by atoms with Crippen LogP contribution in [0.1, 0.15) is 0 Å². The lowest BCUT2D eigenvalue weighted by Crippen LogP contribution is -1.90. The van der Waals surface area contributed by atoms with Gasteiger partial charge in [-0.05, 0) is 74.1 Å². The van der Waals surface area contributed by atoms with Crippen molar-refractivity contribution in [2.75, 3.05) is 0 Å². The zero-order valence-electron chi connectivity index (χ0n) is 19.4. The van der Waals surface area contributed by atoms with Crippen LogP contribution in [0.25, 0.3) is 74.9 Å². The minimum absolute atomic E-state index is 0.947. The molecule has 2 heteroatoms. The van der Waals surface area contributed by atoms with Gasteiger partial charge < -0.3 is 4.42 Å². The van der Waals surface area contributed by atoms with E-state index in [2.05, 4.69) is 115 Å². The molecule has 36 heavy (non-hydrogen) atoms. The Bertz CT molecular complexity index is 2040. The van der Waals surface area contributed by atoms with Crippen LogP contribution < -0.4 is 0 Å². The fourth-order valence-electron chi connectivity index (χ4n) is 5.79. The van der Waals surface area contributed by atoms with Crippen LogP contribution >= 0.6 is 11.3 Å². The van der Waals surface area contributed by atoms with Gasteiger partial charge in [-0.2, -0.15) is 0 Å².